The zero-order valence-corrected chi connectivity index (χ0v) is 6.10. The normalized spacial score (nSPS) is 18.9. The number of hydrogen-bond donors (Lipinski definition) is 5. The van der Waals surface area contributed by atoms with Gasteiger partial charge in [-0.2, -0.15) is 0 Å². The molecule has 66 valence electrons. The molecule has 5 heteroatoms. The molecule has 0 aromatic heterocycles. The van der Waals surface area contributed by atoms with Gasteiger partial charge in [0.2, 0.25) is 0 Å². The van der Waals surface area contributed by atoms with Crippen LogP contribution in [0.4, 0.5) is 0 Å². The summed E-state index contributed by atoms with van der Waals surface area (Å²) in [5, 5.41) is 43.3. The van der Waals surface area contributed by atoms with E-state index in [2.05, 4.69) is 0 Å². The van der Waals surface area contributed by atoms with Crippen LogP contribution in [0.5, 0.6) is 0 Å². The van der Waals surface area contributed by atoms with E-state index in [0.29, 0.717) is 0 Å². The highest BCUT2D eigenvalue weighted by atomic mass is 16.4. The molecule has 11 heavy (non-hydrogen) atoms. The number of hydrogen-bond acceptors (Lipinski definition) is 5. The summed E-state index contributed by atoms with van der Waals surface area (Å²) in [6.45, 7) is 0.473. The largest absolute Gasteiger partial charge is 0.509 e. The van der Waals surface area contributed by atoms with Crippen LogP contribution in [0.1, 0.15) is 6.92 Å². The number of allylic oxidation sites excluding steroid dienone is 1. The Hall–Kier alpha value is -0.780. The van der Waals surface area contributed by atoms with Crippen molar-refractivity contribution in [3.05, 3.63) is 11.5 Å². The van der Waals surface area contributed by atoms with Crippen molar-refractivity contribution in [2.24, 2.45) is 0 Å². The van der Waals surface area contributed by atoms with Gasteiger partial charge in [0.15, 0.2) is 5.76 Å². The molecule has 0 fully saturated rings. The van der Waals surface area contributed by atoms with E-state index in [-0.39, 0.29) is 0 Å². The van der Waals surface area contributed by atoms with E-state index in [9.17, 15) is 0 Å². The van der Waals surface area contributed by atoms with Crippen LogP contribution in [0.3, 0.4) is 0 Å². The molecule has 5 nitrogen and oxygen atoms in total. The van der Waals surface area contributed by atoms with E-state index in [1.165, 1.54) is 0 Å². The smallest absolute Gasteiger partial charge is 0.161 e. The van der Waals surface area contributed by atoms with Gasteiger partial charge in [-0.3, -0.25) is 0 Å². The molecule has 0 rings (SSSR count). The predicted octanol–water partition coefficient (Wildman–Crippen LogP) is -0.952. The van der Waals surface area contributed by atoms with Gasteiger partial charge in [-0.25, -0.2) is 0 Å². The van der Waals surface area contributed by atoms with Crippen molar-refractivity contribution in [3.63, 3.8) is 0 Å². The Balaban J connectivity index is 4.24. The Labute approximate surface area is 63.8 Å². The molecule has 0 heterocycles. The van der Waals surface area contributed by atoms with Crippen LogP contribution >= 0.6 is 0 Å². The quantitative estimate of drug-likeness (QED) is 0.346. The van der Waals surface area contributed by atoms with E-state index < -0.39 is 30.3 Å². The Morgan fingerprint density at radius 3 is 2.00 bits per heavy atom. The Kier molecular flexibility index (Phi) is 3.88. The van der Waals surface area contributed by atoms with Crippen molar-refractivity contribution in [1.82, 2.24) is 0 Å². The van der Waals surface area contributed by atoms with Gasteiger partial charge in [0, 0.05) is 0 Å². The number of rotatable bonds is 3. The van der Waals surface area contributed by atoms with Crippen LogP contribution in [-0.4, -0.2) is 44.3 Å². The van der Waals surface area contributed by atoms with Gasteiger partial charge >= 0.3 is 0 Å². The van der Waals surface area contributed by atoms with Gasteiger partial charge in [0.25, 0.3) is 0 Å². The summed E-state index contributed by atoms with van der Waals surface area (Å²) in [6, 6.07) is 0. The maximum Gasteiger partial charge on any atom is 0.161 e. The second-order valence-corrected chi connectivity index (χ2v) is 2.17. The van der Waals surface area contributed by atoms with E-state index in [1.807, 2.05) is 0 Å². The van der Waals surface area contributed by atoms with Crippen LogP contribution in [0.15, 0.2) is 11.5 Å². The summed E-state index contributed by atoms with van der Waals surface area (Å²) in [5.74, 6) is -1.21. The standard InChI is InChI=1S/C6H12O5/c1-3(8)5(10)6(11)4(9)2-7/h4,6-11H,2H2,1H3. The van der Waals surface area contributed by atoms with Gasteiger partial charge in [0.05, 0.1) is 6.61 Å². The maximum absolute atomic E-state index is 8.88. The third kappa shape index (κ3) is 2.75. The molecule has 0 saturated heterocycles. The zero-order chi connectivity index (χ0) is 9.02. The Morgan fingerprint density at radius 1 is 1.27 bits per heavy atom. The molecule has 0 aliphatic rings. The lowest BCUT2D eigenvalue weighted by Crippen LogP contribution is -2.31. The zero-order valence-electron chi connectivity index (χ0n) is 6.10. The lowest BCUT2D eigenvalue weighted by atomic mass is 10.1. The average molecular weight is 164 g/mol. The number of aliphatic hydroxyl groups is 5. The van der Waals surface area contributed by atoms with Gasteiger partial charge in [-0.05, 0) is 6.92 Å². The first-order valence-electron chi connectivity index (χ1n) is 3.06. The average Bonchev–Trinajstić information content (AvgIpc) is 2.00. The summed E-state index contributed by atoms with van der Waals surface area (Å²) < 4.78 is 0. The SMILES string of the molecule is CC(O)=C(O)C(O)C(O)CO. The molecule has 0 aromatic carbocycles. The Bertz CT molecular complexity index is 149. The minimum atomic E-state index is -1.63. The van der Waals surface area contributed by atoms with Crippen LogP contribution in [0.25, 0.3) is 0 Å². The highest BCUT2D eigenvalue weighted by molar-refractivity contribution is 5.03. The minimum Gasteiger partial charge on any atom is -0.509 e. The maximum atomic E-state index is 8.88. The fourth-order valence-electron chi connectivity index (χ4n) is 0.496. The van der Waals surface area contributed by atoms with Crippen molar-refractivity contribution >= 4 is 0 Å². The second-order valence-electron chi connectivity index (χ2n) is 2.17. The molecule has 0 amide bonds. The fourth-order valence-corrected chi connectivity index (χ4v) is 0.496. The Morgan fingerprint density at radius 2 is 1.73 bits per heavy atom. The summed E-state index contributed by atoms with van der Waals surface area (Å²) in [5.41, 5.74) is 0. The summed E-state index contributed by atoms with van der Waals surface area (Å²) in [6.07, 6.45) is -3.11. The molecular weight excluding hydrogens is 152 g/mol. The molecule has 5 N–H and O–H groups in total. The first-order chi connectivity index (χ1) is 5.00. The molecule has 2 atom stereocenters. The molecule has 0 aromatic rings. The van der Waals surface area contributed by atoms with Crippen molar-refractivity contribution in [2.45, 2.75) is 19.1 Å². The lowest BCUT2D eigenvalue weighted by Gasteiger charge is -2.14. The molecular formula is C6H12O5. The van der Waals surface area contributed by atoms with Crippen LogP contribution in [0.2, 0.25) is 0 Å². The molecule has 0 aliphatic heterocycles. The summed E-state index contributed by atoms with van der Waals surface area (Å²) >= 11 is 0. The summed E-state index contributed by atoms with van der Waals surface area (Å²) in [7, 11) is 0. The van der Waals surface area contributed by atoms with Crippen LogP contribution in [-0.2, 0) is 0 Å². The summed E-state index contributed by atoms with van der Waals surface area (Å²) in [4.78, 5) is 0. The number of aliphatic hydroxyl groups excluding tert-OH is 5. The van der Waals surface area contributed by atoms with Crippen molar-refractivity contribution < 1.29 is 25.5 Å². The minimum absolute atomic E-state index is 0.481. The molecule has 2 unspecified atom stereocenters. The van der Waals surface area contributed by atoms with E-state index in [4.69, 9.17) is 25.5 Å². The monoisotopic (exact) mass is 164 g/mol. The first-order valence-corrected chi connectivity index (χ1v) is 3.06. The van der Waals surface area contributed by atoms with E-state index >= 15 is 0 Å². The molecule has 0 radical (unpaired) electrons. The predicted molar refractivity (Wildman–Crippen MR) is 37.1 cm³/mol. The lowest BCUT2D eigenvalue weighted by molar-refractivity contribution is -0.0165. The van der Waals surface area contributed by atoms with E-state index in [1.54, 1.807) is 0 Å². The first kappa shape index (κ1) is 10.2. The van der Waals surface area contributed by atoms with Crippen LogP contribution in [0, 0.1) is 0 Å². The third-order valence-electron chi connectivity index (χ3n) is 1.20. The second kappa shape index (κ2) is 4.17. The van der Waals surface area contributed by atoms with Gasteiger partial charge in [-0.1, -0.05) is 0 Å². The third-order valence-corrected chi connectivity index (χ3v) is 1.20. The van der Waals surface area contributed by atoms with Crippen LogP contribution < -0.4 is 0 Å². The highest BCUT2D eigenvalue weighted by Gasteiger charge is 2.21. The van der Waals surface area contributed by atoms with Crippen molar-refractivity contribution in [1.29, 1.82) is 0 Å². The molecule has 0 bridgehead atoms. The van der Waals surface area contributed by atoms with Crippen molar-refractivity contribution in [2.75, 3.05) is 6.61 Å². The van der Waals surface area contributed by atoms with Gasteiger partial charge in [0.1, 0.15) is 18.0 Å². The van der Waals surface area contributed by atoms with Gasteiger partial charge in [-0.15, -0.1) is 0 Å². The fraction of sp³-hybridized carbons (Fsp3) is 0.667. The molecule has 0 spiro atoms. The van der Waals surface area contributed by atoms with Crippen molar-refractivity contribution in [3.8, 4) is 0 Å². The van der Waals surface area contributed by atoms with Gasteiger partial charge < -0.3 is 25.5 Å². The molecule has 0 saturated carbocycles. The topological polar surface area (TPSA) is 101 Å². The highest BCUT2D eigenvalue weighted by Crippen LogP contribution is 2.06. The van der Waals surface area contributed by atoms with E-state index in [0.717, 1.165) is 6.92 Å². The molecule has 0 aliphatic carbocycles.